The maximum absolute atomic E-state index is 12.8. The molecule has 1 saturated heterocycles. The smallest absolute Gasteiger partial charge is 0.243 e. The Kier molecular flexibility index (Phi) is 5.11. The zero-order chi connectivity index (χ0) is 14.8. The third-order valence-corrected chi connectivity index (χ3v) is 5.18. The first-order chi connectivity index (χ1) is 9.46. The van der Waals surface area contributed by atoms with Crippen molar-refractivity contribution in [2.45, 2.75) is 84.3 Å². The van der Waals surface area contributed by atoms with E-state index in [9.17, 15) is 4.79 Å². The molecule has 1 N–H and O–H groups in total. The van der Waals surface area contributed by atoms with E-state index in [1.807, 2.05) is 0 Å². The van der Waals surface area contributed by atoms with E-state index in [0.717, 1.165) is 25.3 Å². The van der Waals surface area contributed by atoms with Gasteiger partial charge in [0.15, 0.2) is 0 Å². The summed E-state index contributed by atoms with van der Waals surface area (Å²) >= 11 is 0. The summed E-state index contributed by atoms with van der Waals surface area (Å²) in [6, 6.07) is 0. The van der Waals surface area contributed by atoms with Crippen LogP contribution in [0.1, 0.15) is 72.6 Å². The van der Waals surface area contributed by atoms with Crippen molar-refractivity contribution in [3.8, 4) is 0 Å². The van der Waals surface area contributed by atoms with Crippen LogP contribution in [0.5, 0.6) is 0 Å². The molecule has 1 aliphatic heterocycles. The average molecular weight is 280 g/mol. The van der Waals surface area contributed by atoms with Gasteiger partial charge in [-0.05, 0) is 44.4 Å². The molecule has 116 valence electrons. The SMILES string of the molecule is CCC1(C)NC(CC(C)C)N(CC2CCCCC2)C1=O. The topological polar surface area (TPSA) is 32.3 Å². The van der Waals surface area contributed by atoms with Crippen molar-refractivity contribution in [1.29, 1.82) is 0 Å². The van der Waals surface area contributed by atoms with Gasteiger partial charge in [-0.2, -0.15) is 0 Å². The normalized spacial score (nSPS) is 32.4. The van der Waals surface area contributed by atoms with Crippen LogP contribution >= 0.6 is 0 Å². The molecule has 2 unspecified atom stereocenters. The minimum Gasteiger partial charge on any atom is -0.325 e. The van der Waals surface area contributed by atoms with Crippen LogP contribution in [0.4, 0.5) is 0 Å². The predicted octanol–water partition coefficient (Wildman–Crippen LogP) is 3.54. The van der Waals surface area contributed by atoms with E-state index in [1.54, 1.807) is 0 Å². The standard InChI is InChI=1S/C17H32N2O/c1-5-17(4)16(20)19(15(18-17)11-13(2)3)12-14-9-7-6-8-10-14/h13-15,18H,5-12H2,1-4H3. The molecule has 2 aliphatic rings. The van der Waals surface area contributed by atoms with Gasteiger partial charge in [0.25, 0.3) is 0 Å². The van der Waals surface area contributed by atoms with Gasteiger partial charge in [0.05, 0.1) is 11.7 Å². The molecule has 0 aromatic heterocycles. The molecule has 1 aliphatic carbocycles. The number of nitrogens with zero attached hydrogens (tertiary/aromatic N) is 1. The first-order valence-corrected chi connectivity index (χ1v) is 8.55. The number of carbonyl (C=O) groups excluding carboxylic acids is 1. The second-order valence-electron chi connectivity index (χ2n) is 7.44. The van der Waals surface area contributed by atoms with Gasteiger partial charge in [-0.15, -0.1) is 0 Å². The van der Waals surface area contributed by atoms with Gasteiger partial charge in [-0.3, -0.25) is 10.1 Å². The fraction of sp³-hybridized carbons (Fsp3) is 0.941. The maximum atomic E-state index is 12.8. The summed E-state index contributed by atoms with van der Waals surface area (Å²) in [4.78, 5) is 15.0. The van der Waals surface area contributed by atoms with E-state index in [2.05, 4.69) is 37.9 Å². The van der Waals surface area contributed by atoms with Crippen LogP contribution < -0.4 is 5.32 Å². The lowest BCUT2D eigenvalue weighted by molar-refractivity contribution is -0.133. The largest absolute Gasteiger partial charge is 0.325 e. The molecule has 0 radical (unpaired) electrons. The molecular weight excluding hydrogens is 248 g/mol. The highest BCUT2D eigenvalue weighted by Crippen LogP contribution is 2.31. The van der Waals surface area contributed by atoms with E-state index >= 15 is 0 Å². The number of hydrogen-bond acceptors (Lipinski definition) is 2. The van der Waals surface area contributed by atoms with Gasteiger partial charge < -0.3 is 4.90 Å². The summed E-state index contributed by atoms with van der Waals surface area (Å²) < 4.78 is 0. The van der Waals surface area contributed by atoms with Crippen molar-refractivity contribution in [2.24, 2.45) is 11.8 Å². The van der Waals surface area contributed by atoms with Crippen molar-refractivity contribution < 1.29 is 4.79 Å². The number of amides is 1. The van der Waals surface area contributed by atoms with Gasteiger partial charge in [0.1, 0.15) is 0 Å². The molecule has 1 heterocycles. The Morgan fingerprint density at radius 3 is 2.50 bits per heavy atom. The lowest BCUT2D eigenvalue weighted by Crippen LogP contribution is -2.44. The number of carbonyl (C=O) groups is 1. The minimum atomic E-state index is -0.339. The van der Waals surface area contributed by atoms with Crippen LogP contribution in [0.15, 0.2) is 0 Å². The summed E-state index contributed by atoms with van der Waals surface area (Å²) in [6.07, 6.45) is 8.87. The highest BCUT2D eigenvalue weighted by molar-refractivity contribution is 5.88. The Morgan fingerprint density at radius 2 is 1.95 bits per heavy atom. The van der Waals surface area contributed by atoms with Crippen LogP contribution in [0.2, 0.25) is 0 Å². The number of rotatable bonds is 5. The molecule has 2 rings (SSSR count). The van der Waals surface area contributed by atoms with E-state index in [1.165, 1.54) is 32.1 Å². The Hall–Kier alpha value is -0.570. The first kappa shape index (κ1) is 15.8. The third kappa shape index (κ3) is 3.36. The summed E-state index contributed by atoms with van der Waals surface area (Å²) in [5.41, 5.74) is -0.339. The van der Waals surface area contributed by atoms with Gasteiger partial charge in [-0.25, -0.2) is 0 Å². The van der Waals surface area contributed by atoms with Crippen molar-refractivity contribution in [2.75, 3.05) is 6.54 Å². The average Bonchev–Trinajstić information content (AvgIpc) is 2.65. The van der Waals surface area contributed by atoms with Gasteiger partial charge in [0.2, 0.25) is 5.91 Å². The molecule has 0 aromatic carbocycles. The van der Waals surface area contributed by atoms with Gasteiger partial charge >= 0.3 is 0 Å². The van der Waals surface area contributed by atoms with Gasteiger partial charge in [-0.1, -0.05) is 40.0 Å². The summed E-state index contributed by atoms with van der Waals surface area (Å²) in [5.74, 6) is 1.67. The maximum Gasteiger partial charge on any atom is 0.243 e. The molecule has 1 amide bonds. The minimum absolute atomic E-state index is 0.245. The van der Waals surface area contributed by atoms with Crippen molar-refractivity contribution >= 4 is 5.91 Å². The summed E-state index contributed by atoms with van der Waals surface area (Å²) in [5, 5.41) is 3.61. The summed E-state index contributed by atoms with van der Waals surface area (Å²) in [6.45, 7) is 9.64. The third-order valence-electron chi connectivity index (χ3n) is 5.18. The van der Waals surface area contributed by atoms with Crippen molar-refractivity contribution in [3.63, 3.8) is 0 Å². The first-order valence-electron chi connectivity index (χ1n) is 8.55. The predicted molar refractivity (Wildman–Crippen MR) is 83.4 cm³/mol. The van der Waals surface area contributed by atoms with E-state index in [4.69, 9.17) is 0 Å². The molecule has 2 fully saturated rings. The molecule has 0 spiro atoms. The van der Waals surface area contributed by atoms with Crippen LogP contribution in [0.25, 0.3) is 0 Å². The van der Waals surface area contributed by atoms with Crippen LogP contribution in [-0.2, 0) is 4.79 Å². The molecule has 3 nitrogen and oxygen atoms in total. The molecule has 20 heavy (non-hydrogen) atoms. The molecule has 0 bridgehead atoms. The lowest BCUT2D eigenvalue weighted by atomic mass is 9.88. The molecule has 0 aromatic rings. The zero-order valence-corrected chi connectivity index (χ0v) is 13.7. The second-order valence-corrected chi connectivity index (χ2v) is 7.44. The Bertz CT molecular complexity index is 336. The zero-order valence-electron chi connectivity index (χ0n) is 13.7. The Balaban J connectivity index is 2.06. The van der Waals surface area contributed by atoms with E-state index in [-0.39, 0.29) is 11.7 Å². The molecule has 2 atom stereocenters. The fourth-order valence-electron chi connectivity index (χ4n) is 3.71. The van der Waals surface area contributed by atoms with Crippen LogP contribution in [-0.4, -0.2) is 29.1 Å². The second kappa shape index (κ2) is 6.46. The fourth-order valence-corrected chi connectivity index (χ4v) is 3.71. The number of nitrogens with one attached hydrogen (secondary N) is 1. The van der Waals surface area contributed by atoms with Crippen molar-refractivity contribution in [1.82, 2.24) is 10.2 Å². The Labute approximate surface area is 124 Å². The van der Waals surface area contributed by atoms with Gasteiger partial charge in [0, 0.05) is 6.54 Å². The molecule has 3 heteroatoms. The highest BCUT2D eigenvalue weighted by atomic mass is 16.2. The quantitative estimate of drug-likeness (QED) is 0.835. The van der Waals surface area contributed by atoms with Crippen molar-refractivity contribution in [3.05, 3.63) is 0 Å². The molecular formula is C17H32N2O. The van der Waals surface area contributed by atoms with Crippen LogP contribution in [0.3, 0.4) is 0 Å². The van der Waals surface area contributed by atoms with E-state index in [0.29, 0.717) is 11.8 Å². The lowest BCUT2D eigenvalue weighted by Gasteiger charge is -2.31. The molecule has 1 saturated carbocycles. The Morgan fingerprint density at radius 1 is 1.30 bits per heavy atom. The van der Waals surface area contributed by atoms with E-state index < -0.39 is 0 Å². The monoisotopic (exact) mass is 280 g/mol. The van der Waals surface area contributed by atoms with Crippen LogP contribution in [0, 0.1) is 11.8 Å². The number of hydrogen-bond donors (Lipinski definition) is 1. The summed E-state index contributed by atoms with van der Waals surface area (Å²) in [7, 11) is 0. The highest BCUT2D eigenvalue weighted by Gasteiger charge is 2.46.